The SMILES string of the molecule is C#CC.[Zn]. The fourth-order valence-corrected chi connectivity index (χ4v) is 0. The zero-order valence-electron chi connectivity index (χ0n) is 2.78. The molecule has 0 rings (SSSR count). The minimum Gasteiger partial charge on any atom is -0.120 e. The minimum atomic E-state index is 0. The van der Waals surface area contributed by atoms with E-state index in [-0.39, 0.29) is 19.5 Å². The Morgan fingerprint density at radius 3 is 1.75 bits per heavy atom. The monoisotopic (exact) mass is 104 g/mol. The molecule has 0 nitrogen and oxygen atoms in total. The van der Waals surface area contributed by atoms with E-state index in [9.17, 15) is 0 Å². The third-order valence-electron chi connectivity index (χ3n) is 0. The molecule has 0 heterocycles. The van der Waals surface area contributed by atoms with Crippen molar-refractivity contribution in [2.75, 3.05) is 0 Å². The molecule has 4 heavy (non-hydrogen) atoms. The molecule has 0 spiro atoms. The average Bonchev–Trinajstić information content (AvgIpc) is 0.918. The first kappa shape index (κ1) is 8.89. The first-order valence-electron chi connectivity index (χ1n) is 0.789. The van der Waals surface area contributed by atoms with Gasteiger partial charge in [-0.2, -0.15) is 0 Å². The molecular formula is C3H4Zn. The predicted octanol–water partition coefficient (Wildman–Crippen LogP) is 0.637. The van der Waals surface area contributed by atoms with Crippen LogP contribution in [0, 0.1) is 12.3 Å². The predicted molar refractivity (Wildman–Crippen MR) is 14.5 cm³/mol. The molecule has 0 aromatic rings. The van der Waals surface area contributed by atoms with Crippen LogP contribution >= 0.6 is 0 Å². The van der Waals surface area contributed by atoms with Crippen LogP contribution in [0.3, 0.4) is 0 Å². The first-order valence-corrected chi connectivity index (χ1v) is 0.789. The number of rotatable bonds is 0. The molecule has 0 aromatic carbocycles. The van der Waals surface area contributed by atoms with Gasteiger partial charge < -0.3 is 0 Å². The van der Waals surface area contributed by atoms with Gasteiger partial charge >= 0.3 is 0 Å². The van der Waals surface area contributed by atoms with Crippen molar-refractivity contribution < 1.29 is 19.5 Å². The van der Waals surface area contributed by atoms with Crippen LogP contribution in [0.15, 0.2) is 0 Å². The molecule has 0 saturated carbocycles. The summed E-state index contributed by atoms with van der Waals surface area (Å²) >= 11 is 0. The third kappa shape index (κ3) is 90.9. The van der Waals surface area contributed by atoms with E-state index in [0.29, 0.717) is 0 Å². The van der Waals surface area contributed by atoms with E-state index in [4.69, 9.17) is 0 Å². The van der Waals surface area contributed by atoms with Gasteiger partial charge in [0, 0.05) is 19.5 Å². The van der Waals surface area contributed by atoms with Crippen molar-refractivity contribution in [2.24, 2.45) is 0 Å². The van der Waals surface area contributed by atoms with E-state index in [0.717, 1.165) is 0 Å². The summed E-state index contributed by atoms with van der Waals surface area (Å²) in [6.07, 6.45) is 4.60. The average molecular weight is 105 g/mol. The first-order chi connectivity index (χ1) is 1.41. The van der Waals surface area contributed by atoms with Crippen LogP contribution in [0.25, 0.3) is 0 Å². The Morgan fingerprint density at radius 2 is 1.75 bits per heavy atom. The number of hydrogen-bond acceptors (Lipinski definition) is 0. The van der Waals surface area contributed by atoms with Crippen molar-refractivity contribution in [3.05, 3.63) is 0 Å². The molecule has 18 valence electrons. The van der Waals surface area contributed by atoms with Gasteiger partial charge in [-0.1, -0.05) is 0 Å². The quantitative estimate of drug-likeness (QED) is 0.313. The van der Waals surface area contributed by atoms with Gasteiger partial charge in [0.1, 0.15) is 0 Å². The van der Waals surface area contributed by atoms with Gasteiger partial charge in [0.05, 0.1) is 0 Å². The van der Waals surface area contributed by atoms with Crippen LogP contribution in [0.5, 0.6) is 0 Å². The number of hydrogen-bond donors (Lipinski definition) is 0. The van der Waals surface area contributed by atoms with Gasteiger partial charge in [0.25, 0.3) is 0 Å². The van der Waals surface area contributed by atoms with Gasteiger partial charge in [-0.3, -0.25) is 0 Å². The molecule has 0 aliphatic carbocycles. The summed E-state index contributed by atoms with van der Waals surface area (Å²) in [6.45, 7) is 1.65. The molecule has 0 saturated heterocycles. The van der Waals surface area contributed by atoms with Gasteiger partial charge in [-0.15, -0.1) is 12.3 Å². The van der Waals surface area contributed by atoms with E-state index in [1.165, 1.54) is 0 Å². The van der Waals surface area contributed by atoms with Gasteiger partial charge in [0.15, 0.2) is 0 Å². The van der Waals surface area contributed by atoms with Crippen molar-refractivity contribution in [1.29, 1.82) is 0 Å². The van der Waals surface area contributed by atoms with Crippen molar-refractivity contribution in [2.45, 2.75) is 6.92 Å². The minimum absolute atomic E-state index is 0. The largest absolute Gasteiger partial charge is 0.120 e. The molecule has 0 aliphatic rings. The Bertz CT molecular complexity index is 24.8. The molecule has 0 fully saturated rings. The molecule has 0 radical (unpaired) electrons. The number of terminal acetylenes is 1. The summed E-state index contributed by atoms with van der Waals surface area (Å²) in [4.78, 5) is 0. The molecule has 0 bridgehead atoms. The molecule has 0 atom stereocenters. The summed E-state index contributed by atoms with van der Waals surface area (Å²) in [5, 5.41) is 0. The molecule has 0 aromatic heterocycles. The van der Waals surface area contributed by atoms with E-state index < -0.39 is 0 Å². The van der Waals surface area contributed by atoms with E-state index >= 15 is 0 Å². The maximum Gasteiger partial charge on any atom is 0 e. The van der Waals surface area contributed by atoms with Crippen LogP contribution in [0.4, 0.5) is 0 Å². The smallest absolute Gasteiger partial charge is 0 e. The Kier molecular flexibility index (Phi) is 24.1. The maximum absolute atomic E-state index is 4.60. The summed E-state index contributed by atoms with van der Waals surface area (Å²) in [5.41, 5.74) is 0. The second-order valence-corrected chi connectivity index (χ2v) is 0.289. The topological polar surface area (TPSA) is 0 Å². The molecule has 0 aliphatic heterocycles. The second kappa shape index (κ2) is 10.8. The van der Waals surface area contributed by atoms with Crippen LogP contribution in [-0.4, -0.2) is 0 Å². The Labute approximate surface area is 39.4 Å². The standard InChI is InChI=1S/C3H4.Zn/c1-3-2;/h1H,2H3;. The van der Waals surface area contributed by atoms with Crippen molar-refractivity contribution in [3.63, 3.8) is 0 Å². The van der Waals surface area contributed by atoms with Gasteiger partial charge in [-0.25, -0.2) is 0 Å². The molecule has 1 heteroatoms. The summed E-state index contributed by atoms with van der Waals surface area (Å²) < 4.78 is 0. The van der Waals surface area contributed by atoms with Crippen molar-refractivity contribution in [3.8, 4) is 12.3 Å². The molecular weight excluding hydrogens is 101 g/mol. The Balaban J connectivity index is 0. The van der Waals surface area contributed by atoms with Gasteiger partial charge in [-0.05, 0) is 6.92 Å². The fourth-order valence-electron chi connectivity index (χ4n) is 0. The normalized spacial score (nSPS) is 2.00. The zero-order chi connectivity index (χ0) is 2.71. The molecule has 0 unspecified atom stereocenters. The van der Waals surface area contributed by atoms with Crippen molar-refractivity contribution >= 4 is 0 Å². The maximum atomic E-state index is 4.60. The van der Waals surface area contributed by atoms with Crippen LogP contribution in [0.1, 0.15) is 6.92 Å². The summed E-state index contributed by atoms with van der Waals surface area (Å²) in [7, 11) is 0. The van der Waals surface area contributed by atoms with Crippen LogP contribution in [0.2, 0.25) is 0 Å². The van der Waals surface area contributed by atoms with E-state index in [1.807, 2.05) is 0 Å². The summed E-state index contributed by atoms with van der Waals surface area (Å²) in [5.74, 6) is 2.25. The van der Waals surface area contributed by atoms with Crippen molar-refractivity contribution in [1.82, 2.24) is 0 Å². The van der Waals surface area contributed by atoms with Crippen LogP contribution < -0.4 is 0 Å². The Morgan fingerprint density at radius 1 is 1.75 bits per heavy atom. The molecule has 0 N–H and O–H groups in total. The summed E-state index contributed by atoms with van der Waals surface area (Å²) in [6, 6.07) is 0. The van der Waals surface area contributed by atoms with E-state index in [2.05, 4.69) is 12.3 Å². The van der Waals surface area contributed by atoms with Crippen LogP contribution in [-0.2, 0) is 19.5 Å². The zero-order valence-corrected chi connectivity index (χ0v) is 5.75. The van der Waals surface area contributed by atoms with E-state index in [1.54, 1.807) is 6.92 Å². The fraction of sp³-hybridized carbons (Fsp3) is 0.333. The molecule has 0 amide bonds. The van der Waals surface area contributed by atoms with Gasteiger partial charge in [0.2, 0.25) is 0 Å². The second-order valence-electron chi connectivity index (χ2n) is 0.289. The Hall–Kier alpha value is 0.183. The third-order valence-corrected chi connectivity index (χ3v) is 0.